The number of hydrogen-bond donors (Lipinski definition) is 3. The minimum absolute atomic E-state index is 0.382. The first-order valence-electron chi connectivity index (χ1n) is 9.14. The molecule has 0 aliphatic heterocycles. The molecule has 0 bridgehead atoms. The van der Waals surface area contributed by atoms with E-state index >= 15 is 0 Å². The smallest absolute Gasteiger partial charge is 0.329 e. The number of carbonyl (C=O) groups is 2. The average Bonchev–Trinajstić information content (AvgIpc) is 2.64. The average molecular weight is 370 g/mol. The number of carboxylic acids is 1. The van der Waals surface area contributed by atoms with Crippen LogP contribution in [-0.2, 0) is 4.79 Å². The van der Waals surface area contributed by atoms with Gasteiger partial charge in [-0.3, -0.25) is 0 Å². The Balaban J connectivity index is 2.01. The lowest BCUT2D eigenvalue weighted by Gasteiger charge is -2.30. The van der Waals surface area contributed by atoms with E-state index in [0.29, 0.717) is 37.1 Å². The van der Waals surface area contributed by atoms with E-state index in [1.165, 1.54) is 0 Å². The number of nitrogens with one attached hydrogen (secondary N) is 2. The highest BCUT2D eigenvalue weighted by Crippen LogP contribution is 2.23. The van der Waals surface area contributed by atoms with Gasteiger partial charge in [-0.15, -0.1) is 0 Å². The zero-order valence-electron chi connectivity index (χ0n) is 15.7. The van der Waals surface area contributed by atoms with Crippen LogP contribution in [0.2, 0.25) is 0 Å². The van der Waals surface area contributed by atoms with E-state index in [4.69, 9.17) is 4.74 Å². The molecule has 2 amide bonds. The Morgan fingerprint density at radius 1 is 0.926 bits per heavy atom. The van der Waals surface area contributed by atoms with Crippen molar-refractivity contribution in [3.63, 3.8) is 0 Å². The minimum Gasteiger partial charge on any atom is -0.480 e. The number of carbonyl (C=O) groups excluding carboxylic acids is 1. The van der Waals surface area contributed by atoms with Gasteiger partial charge in [-0.2, -0.15) is 0 Å². The van der Waals surface area contributed by atoms with Gasteiger partial charge in [0.1, 0.15) is 17.0 Å². The lowest BCUT2D eigenvalue weighted by molar-refractivity contribution is -0.145. The van der Waals surface area contributed by atoms with Gasteiger partial charge >= 0.3 is 12.0 Å². The van der Waals surface area contributed by atoms with Crippen molar-refractivity contribution in [1.29, 1.82) is 0 Å². The molecule has 2 aromatic rings. The molecule has 0 unspecified atom stereocenters. The van der Waals surface area contributed by atoms with Crippen molar-refractivity contribution in [2.45, 2.75) is 45.1 Å². The molecule has 2 rings (SSSR count). The number of amides is 2. The van der Waals surface area contributed by atoms with Crippen LogP contribution in [0.25, 0.3) is 0 Å². The van der Waals surface area contributed by atoms with Gasteiger partial charge in [0.05, 0.1) is 0 Å². The van der Waals surface area contributed by atoms with Crippen LogP contribution in [0.3, 0.4) is 0 Å². The standard InChI is InChI=1S/C21H26N2O4/c1-3-14-21(15-4-2,19(24)25)23-20(26)22-16-10-12-18(13-11-16)27-17-8-6-5-7-9-17/h5-13H,3-4,14-15H2,1-2H3,(H,24,25)(H2,22,23,26). The maximum atomic E-state index is 12.3. The molecule has 0 radical (unpaired) electrons. The van der Waals surface area contributed by atoms with Crippen molar-refractivity contribution < 1.29 is 19.4 Å². The highest BCUT2D eigenvalue weighted by atomic mass is 16.5. The van der Waals surface area contributed by atoms with Gasteiger partial charge in [-0.1, -0.05) is 44.9 Å². The molecule has 0 saturated carbocycles. The highest BCUT2D eigenvalue weighted by molar-refractivity contribution is 5.94. The van der Waals surface area contributed by atoms with E-state index in [1.807, 2.05) is 44.2 Å². The molecule has 0 spiro atoms. The van der Waals surface area contributed by atoms with Crippen molar-refractivity contribution >= 4 is 17.7 Å². The zero-order chi connectivity index (χ0) is 19.7. The summed E-state index contributed by atoms with van der Waals surface area (Å²) in [5, 5.41) is 15.0. The number of urea groups is 1. The quantitative estimate of drug-likeness (QED) is 0.578. The van der Waals surface area contributed by atoms with Crippen LogP contribution in [0.1, 0.15) is 39.5 Å². The second-order valence-corrected chi connectivity index (χ2v) is 6.41. The van der Waals surface area contributed by atoms with E-state index in [9.17, 15) is 14.7 Å². The predicted molar refractivity (Wildman–Crippen MR) is 105 cm³/mol. The number of hydrogen-bond acceptors (Lipinski definition) is 3. The molecule has 0 fully saturated rings. The lowest BCUT2D eigenvalue weighted by Crippen LogP contribution is -2.55. The second-order valence-electron chi connectivity index (χ2n) is 6.41. The number of anilines is 1. The summed E-state index contributed by atoms with van der Waals surface area (Å²) in [6, 6.07) is 15.8. The topological polar surface area (TPSA) is 87.7 Å². The number of aliphatic carboxylic acids is 1. The Kier molecular flexibility index (Phi) is 7.23. The van der Waals surface area contributed by atoms with Crippen LogP contribution in [0.15, 0.2) is 54.6 Å². The SMILES string of the molecule is CCCC(CCC)(NC(=O)Nc1ccc(Oc2ccccc2)cc1)C(=O)O. The summed E-state index contributed by atoms with van der Waals surface area (Å²) in [6.07, 6.45) is 2.09. The van der Waals surface area contributed by atoms with E-state index in [2.05, 4.69) is 10.6 Å². The van der Waals surface area contributed by atoms with Crippen LogP contribution in [0, 0.1) is 0 Å². The third-order valence-corrected chi connectivity index (χ3v) is 4.21. The van der Waals surface area contributed by atoms with E-state index in [-0.39, 0.29) is 0 Å². The molecule has 0 saturated heterocycles. The van der Waals surface area contributed by atoms with Crippen LogP contribution >= 0.6 is 0 Å². The number of rotatable bonds is 9. The van der Waals surface area contributed by atoms with Crippen molar-refractivity contribution in [3.8, 4) is 11.5 Å². The monoisotopic (exact) mass is 370 g/mol. The third-order valence-electron chi connectivity index (χ3n) is 4.21. The molecule has 0 heterocycles. The molecule has 0 atom stereocenters. The van der Waals surface area contributed by atoms with Crippen LogP contribution in [0.4, 0.5) is 10.5 Å². The summed E-state index contributed by atoms with van der Waals surface area (Å²) in [7, 11) is 0. The molecular formula is C21H26N2O4. The zero-order valence-corrected chi connectivity index (χ0v) is 15.7. The van der Waals surface area contributed by atoms with Crippen LogP contribution in [0.5, 0.6) is 11.5 Å². The van der Waals surface area contributed by atoms with Crippen molar-refractivity contribution in [3.05, 3.63) is 54.6 Å². The Labute approximate surface area is 159 Å². The van der Waals surface area contributed by atoms with Crippen LogP contribution < -0.4 is 15.4 Å². The summed E-state index contributed by atoms with van der Waals surface area (Å²) < 4.78 is 5.71. The molecular weight excluding hydrogens is 344 g/mol. The Morgan fingerprint density at radius 2 is 1.48 bits per heavy atom. The Morgan fingerprint density at radius 3 is 2.00 bits per heavy atom. The van der Waals surface area contributed by atoms with Gasteiger partial charge in [0.25, 0.3) is 0 Å². The molecule has 27 heavy (non-hydrogen) atoms. The first-order valence-corrected chi connectivity index (χ1v) is 9.14. The number of ether oxygens (including phenoxy) is 1. The Hall–Kier alpha value is -3.02. The predicted octanol–water partition coefficient (Wildman–Crippen LogP) is 5.02. The summed E-state index contributed by atoms with van der Waals surface area (Å²) in [6.45, 7) is 3.80. The summed E-state index contributed by atoms with van der Waals surface area (Å²) in [5.41, 5.74) is -0.690. The first kappa shape index (κ1) is 20.3. The molecule has 144 valence electrons. The Bertz CT molecular complexity index is 739. The fraction of sp³-hybridized carbons (Fsp3) is 0.333. The molecule has 0 aliphatic rings. The highest BCUT2D eigenvalue weighted by Gasteiger charge is 2.38. The minimum atomic E-state index is -1.25. The summed E-state index contributed by atoms with van der Waals surface area (Å²) in [5.74, 6) is 0.360. The van der Waals surface area contributed by atoms with Gasteiger partial charge in [0, 0.05) is 5.69 Å². The lowest BCUT2D eigenvalue weighted by atomic mass is 9.89. The summed E-state index contributed by atoms with van der Waals surface area (Å²) >= 11 is 0. The molecule has 0 aromatic heterocycles. The van der Waals surface area contributed by atoms with Crippen molar-refractivity contribution in [1.82, 2.24) is 5.32 Å². The normalized spacial score (nSPS) is 10.9. The third kappa shape index (κ3) is 5.74. The number of benzene rings is 2. The van der Waals surface area contributed by atoms with Gasteiger partial charge in [0.2, 0.25) is 0 Å². The van der Waals surface area contributed by atoms with E-state index in [1.54, 1.807) is 24.3 Å². The van der Waals surface area contributed by atoms with E-state index < -0.39 is 17.5 Å². The fourth-order valence-electron chi connectivity index (χ4n) is 2.98. The summed E-state index contributed by atoms with van der Waals surface area (Å²) in [4.78, 5) is 24.1. The van der Waals surface area contributed by atoms with Gasteiger partial charge in [0.15, 0.2) is 0 Å². The molecule has 6 nitrogen and oxygen atoms in total. The van der Waals surface area contributed by atoms with Gasteiger partial charge in [-0.05, 0) is 49.2 Å². The molecule has 2 aromatic carbocycles. The second kappa shape index (κ2) is 9.62. The van der Waals surface area contributed by atoms with Crippen molar-refractivity contribution in [2.24, 2.45) is 0 Å². The van der Waals surface area contributed by atoms with Gasteiger partial charge < -0.3 is 20.5 Å². The molecule has 0 aliphatic carbocycles. The van der Waals surface area contributed by atoms with Gasteiger partial charge in [-0.25, -0.2) is 9.59 Å². The van der Waals surface area contributed by atoms with Crippen molar-refractivity contribution in [2.75, 3.05) is 5.32 Å². The number of para-hydroxylation sites is 1. The largest absolute Gasteiger partial charge is 0.480 e. The maximum absolute atomic E-state index is 12.3. The fourth-order valence-corrected chi connectivity index (χ4v) is 2.98. The first-order chi connectivity index (χ1) is 13.0. The number of carboxylic acid groups (broad SMARTS) is 1. The molecule has 6 heteroatoms. The van der Waals surface area contributed by atoms with Crippen LogP contribution in [-0.4, -0.2) is 22.6 Å². The van der Waals surface area contributed by atoms with E-state index in [0.717, 1.165) is 5.75 Å². The maximum Gasteiger partial charge on any atom is 0.329 e. The molecule has 3 N–H and O–H groups in total.